The first-order chi connectivity index (χ1) is 12.5. The van der Waals surface area contributed by atoms with Gasteiger partial charge in [-0.25, -0.2) is 0 Å². The summed E-state index contributed by atoms with van der Waals surface area (Å²) in [6, 6.07) is 14.1. The smallest absolute Gasteiger partial charge is 0.173 e. The average molecular weight is 390 g/mol. The summed E-state index contributed by atoms with van der Waals surface area (Å²) in [5.74, 6) is 0.805. The zero-order chi connectivity index (χ0) is 18.5. The van der Waals surface area contributed by atoms with Crippen molar-refractivity contribution >= 4 is 34.6 Å². The Morgan fingerprint density at radius 3 is 2.46 bits per heavy atom. The second-order valence-corrected chi connectivity index (χ2v) is 7.35. The van der Waals surface area contributed by atoms with Crippen molar-refractivity contribution in [1.82, 2.24) is 9.80 Å². The molecule has 2 aromatic rings. The van der Waals surface area contributed by atoms with Crippen molar-refractivity contribution in [2.45, 2.75) is 13.5 Å². The molecule has 0 aromatic heterocycles. The number of nitrogens with one attached hydrogen (secondary N) is 1. The number of rotatable bonds is 4. The van der Waals surface area contributed by atoms with Crippen LogP contribution in [0.5, 0.6) is 5.75 Å². The molecule has 0 radical (unpaired) electrons. The number of methoxy groups -OCH3 is 1. The molecule has 1 fully saturated rings. The lowest BCUT2D eigenvalue weighted by Crippen LogP contribution is -2.49. The standard InChI is InChI=1S/C20H24ClN3OS/c1-15-3-8-19(25-2)18(13-15)22-20(26)24-11-9-23(10-12-24)14-16-4-6-17(21)7-5-16/h3-8,13H,9-12,14H2,1-2H3,(H,22,26). The van der Waals surface area contributed by atoms with Crippen LogP contribution in [0.4, 0.5) is 5.69 Å². The van der Waals surface area contributed by atoms with Crippen LogP contribution in [-0.2, 0) is 6.54 Å². The molecule has 0 bridgehead atoms. The van der Waals surface area contributed by atoms with Crippen molar-refractivity contribution in [3.63, 3.8) is 0 Å². The van der Waals surface area contributed by atoms with Crippen LogP contribution in [0.1, 0.15) is 11.1 Å². The van der Waals surface area contributed by atoms with E-state index in [0.29, 0.717) is 0 Å². The van der Waals surface area contributed by atoms with Crippen LogP contribution >= 0.6 is 23.8 Å². The van der Waals surface area contributed by atoms with E-state index in [4.69, 9.17) is 28.6 Å². The Hall–Kier alpha value is -1.82. The van der Waals surface area contributed by atoms with Gasteiger partial charge in [-0.3, -0.25) is 4.90 Å². The Kier molecular flexibility index (Phi) is 6.35. The minimum Gasteiger partial charge on any atom is -0.495 e. The molecule has 1 aliphatic rings. The molecule has 3 rings (SSSR count). The van der Waals surface area contributed by atoms with Crippen molar-refractivity contribution in [2.75, 3.05) is 38.6 Å². The topological polar surface area (TPSA) is 27.7 Å². The first-order valence-electron chi connectivity index (χ1n) is 8.72. The molecule has 138 valence electrons. The third-order valence-electron chi connectivity index (χ3n) is 4.58. The van der Waals surface area contributed by atoms with E-state index in [1.54, 1.807) is 7.11 Å². The molecule has 0 unspecified atom stereocenters. The maximum absolute atomic E-state index is 5.96. The molecule has 0 amide bonds. The highest BCUT2D eigenvalue weighted by molar-refractivity contribution is 7.80. The van der Waals surface area contributed by atoms with Gasteiger partial charge in [-0.2, -0.15) is 0 Å². The number of benzene rings is 2. The van der Waals surface area contributed by atoms with Crippen LogP contribution in [0.25, 0.3) is 0 Å². The molecule has 6 heteroatoms. The molecule has 0 saturated carbocycles. The number of piperazine rings is 1. The van der Waals surface area contributed by atoms with E-state index in [2.05, 4.69) is 40.2 Å². The molecule has 1 saturated heterocycles. The number of ether oxygens (including phenoxy) is 1. The van der Waals surface area contributed by atoms with Crippen molar-refractivity contribution in [3.8, 4) is 5.75 Å². The third kappa shape index (κ3) is 4.87. The Morgan fingerprint density at radius 1 is 1.12 bits per heavy atom. The van der Waals surface area contributed by atoms with Gasteiger partial charge in [0.1, 0.15) is 5.75 Å². The fourth-order valence-corrected chi connectivity index (χ4v) is 3.49. The van der Waals surface area contributed by atoms with Gasteiger partial charge in [-0.1, -0.05) is 29.8 Å². The Bertz CT molecular complexity index is 758. The van der Waals surface area contributed by atoms with Gasteiger partial charge in [0.25, 0.3) is 0 Å². The average Bonchev–Trinajstić information content (AvgIpc) is 2.64. The first kappa shape index (κ1) is 19.0. The molecule has 0 aliphatic carbocycles. The Labute approximate surface area is 165 Å². The van der Waals surface area contributed by atoms with E-state index in [1.807, 2.05) is 24.3 Å². The van der Waals surface area contributed by atoms with E-state index in [0.717, 1.165) is 54.3 Å². The number of nitrogens with zero attached hydrogens (tertiary/aromatic N) is 2. The lowest BCUT2D eigenvalue weighted by Gasteiger charge is -2.36. The van der Waals surface area contributed by atoms with Crippen LogP contribution in [0.3, 0.4) is 0 Å². The minimum atomic E-state index is 0.750. The molecule has 0 atom stereocenters. The summed E-state index contributed by atoms with van der Waals surface area (Å²) < 4.78 is 5.42. The second kappa shape index (κ2) is 8.71. The van der Waals surface area contributed by atoms with E-state index in [1.165, 1.54) is 11.1 Å². The molecule has 2 aromatic carbocycles. The molecule has 26 heavy (non-hydrogen) atoms. The summed E-state index contributed by atoms with van der Waals surface area (Å²) in [5, 5.41) is 4.87. The summed E-state index contributed by atoms with van der Waals surface area (Å²) in [4.78, 5) is 4.66. The van der Waals surface area contributed by atoms with E-state index >= 15 is 0 Å². The fourth-order valence-electron chi connectivity index (χ4n) is 3.07. The Balaban J connectivity index is 1.53. The van der Waals surface area contributed by atoms with Crippen LogP contribution in [-0.4, -0.2) is 48.2 Å². The molecule has 4 nitrogen and oxygen atoms in total. The van der Waals surface area contributed by atoms with Gasteiger partial charge < -0.3 is 15.0 Å². The van der Waals surface area contributed by atoms with Crippen molar-refractivity contribution in [1.29, 1.82) is 0 Å². The first-order valence-corrected chi connectivity index (χ1v) is 9.51. The number of halogens is 1. The van der Waals surface area contributed by atoms with Gasteiger partial charge >= 0.3 is 0 Å². The van der Waals surface area contributed by atoms with Gasteiger partial charge in [-0.05, 0) is 54.5 Å². The zero-order valence-electron chi connectivity index (χ0n) is 15.2. The van der Waals surface area contributed by atoms with Crippen LogP contribution in [0, 0.1) is 6.92 Å². The second-order valence-electron chi connectivity index (χ2n) is 6.52. The lowest BCUT2D eigenvalue weighted by molar-refractivity contribution is 0.177. The highest BCUT2D eigenvalue weighted by Gasteiger charge is 2.19. The number of hydrogen-bond donors (Lipinski definition) is 1. The fraction of sp³-hybridized carbons (Fsp3) is 0.350. The summed E-state index contributed by atoms with van der Waals surface area (Å²) in [5.41, 5.74) is 3.37. The van der Waals surface area contributed by atoms with Crippen molar-refractivity contribution < 1.29 is 4.74 Å². The highest BCUT2D eigenvalue weighted by atomic mass is 35.5. The number of anilines is 1. The summed E-state index contributed by atoms with van der Waals surface area (Å²) in [6.45, 7) is 6.78. The predicted octanol–water partition coefficient (Wildman–Crippen LogP) is 4.17. The molecule has 1 heterocycles. The summed E-state index contributed by atoms with van der Waals surface area (Å²) in [6.07, 6.45) is 0. The summed E-state index contributed by atoms with van der Waals surface area (Å²) in [7, 11) is 1.68. The zero-order valence-corrected chi connectivity index (χ0v) is 16.7. The maximum atomic E-state index is 5.96. The minimum absolute atomic E-state index is 0.750. The van der Waals surface area contributed by atoms with Gasteiger partial charge in [0.05, 0.1) is 12.8 Å². The molecular weight excluding hydrogens is 366 g/mol. The van der Waals surface area contributed by atoms with E-state index in [9.17, 15) is 0 Å². The lowest BCUT2D eigenvalue weighted by atomic mass is 10.2. The normalized spacial score (nSPS) is 15.0. The molecule has 1 N–H and O–H groups in total. The van der Waals surface area contributed by atoms with Gasteiger partial charge in [0.15, 0.2) is 5.11 Å². The van der Waals surface area contributed by atoms with Gasteiger partial charge in [0.2, 0.25) is 0 Å². The molecule has 1 aliphatic heterocycles. The third-order valence-corrected chi connectivity index (χ3v) is 5.19. The number of aryl methyl sites for hydroxylation is 1. The highest BCUT2D eigenvalue weighted by Crippen LogP contribution is 2.25. The van der Waals surface area contributed by atoms with Gasteiger partial charge in [-0.15, -0.1) is 0 Å². The van der Waals surface area contributed by atoms with E-state index in [-0.39, 0.29) is 0 Å². The number of hydrogen-bond acceptors (Lipinski definition) is 3. The van der Waals surface area contributed by atoms with Crippen molar-refractivity contribution in [2.24, 2.45) is 0 Å². The molecular formula is C20H24ClN3OS. The Morgan fingerprint density at radius 2 is 1.81 bits per heavy atom. The van der Waals surface area contributed by atoms with Crippen LogP contribution < -0.4 is 10.1 Å². The van der Waals surface area contributed by atoms with E-state index < -0.39 is 0 Å². The van der Waals surface area contributed by atoms with Crippen LogP contribution in [0.2, 0.25) is 5.02 Å². The van der Waals surface area contributed by atoms with Crippen LogP contribution in [0.15, 0.2) is 42.5 Å². The number of thiocarbonyl (C=S) groups is 1. The SMILES string of the molecule is COc1ccc(C)cc1NC(=S)N1CCN(Cc2ccc(Cl)cc2)CC1. The predicted molar refractivity (Wildman–Crippen MR) is 112 cm³/mol. The molecule has 0 spiro atoms. The van der Waals surface area contributed by atoms with Crippen molar-refractivity contribution in [3.05, 3.63) is 58.6 Å². The monoisotopic (exact) mass is 389 g/mol. The summed E-state index contributed by atoms with van der Waals surface area (Å²) >= 11 is 11.6. The quantitative estimate of drug-likeness (QED) is 0.792. The maximum Gasteiger partial charge on any atom is 0.173 e. The largest absolute Gasteiger partial charge is 0.495 e. The van der Waals surface area contributed by atoms with Gasteiger partial charge in [0, 0.05) is 37.7 Å².